The van der Waals surface area contributed by atoms with E-state index < -0.39 is 0 Å². The molecule has 0 aliphatic carbocycles. The number of amides is 2. The minimum Gasteiger partial charge on any atom is -0.351 e. The van der Waals surface area contributed by atoms with Crippen LogP contribution < -0.4 is 16.0 Å². The predicted octanol–water partition coefficient (Wildman–Crippen LogP) is 3.10. The van der Waals surface area contributed by atoms with Crippen molar-refractivity contribution in [1.29, 1.82) is 0 Å². The van der Waals surface area contributed by atoms with E-state index in [1.54, 1.807) is 6.07 Å². The zero-order valence-electron chi connectivity index (χ0n) is 14.9. The van der Waals surface area contributed by atoms with Crippen LogP contribution in [0.4, 0.5) is 5.69 Å². The largest absolute Gasteiger partial charge is 0.351 e. The molecule has 0 aliphatic heterocycles. The van der Waals surface area contributed by atoms with E-state index in [4.69, 9.17) is 0 Å². The Labute approximate surface area is 164 Å². The molecule has 0 bridgehead atoms. The Balaban J connectivity index is 0.00000338. The van der Waals surface area contributed by atoms with E-state index in [2.05, 4.69) is 16.0 Å². The summed E-state index contributed by atoms with van der Waals surface area (Å²) in [4.78, 5) is 25.2. The first-order valence-electron chi connectivity index (χ1n) is 8.11. The van der Waals surface area contributed by atoms with Crippen LogP contribution in [0.15, 0.2) is 53.4 Å². The van der Waals surface area contributed by atoms with Gasteiger partial charge in [-0.15, -0.1) is 24.2 Å². The molecule has 5 nitrogen and oxygen atoms in total. The quantitative estimate of drug-likeness (QED) is 0.476. The minimum absolute atomic E-state index is 0. The Hall–Kier alpha value is -2.02. The molecule has 0 fully saturated rings. The van der Waals surface area contributed by atoms with Crippen LogP contribution in [0, 0.1) is 6.92 Å². The number of thioether (sulfide) groups is 1. The fraction of sp³-hybridized carbons (Fsp3) is 0.263. The molecule has 0 saturated heterocycles. The number of carbonyl (C=O) groups excluding carboxylic acids is 2. The second kappa shape index (κ2) is 11.6. The summed E-state index contributed by atoms with van der Waals surface area (Å²) in [6.45, 7) is 3.27. The molecule has 0 aliphatic rings. The highest BCUT2D eigenvalue weighted by Gasteiger charge is 2.12. The number of carbonyl (C=O) groups is 2. The van der Waals surface area contributed by atoms with Gasteiger partial charge in [-0.25, -0.2) is 0 Å². The lowest BCUT2D eigenvalue weighted by atomic mass is 10.2. The number of hydrogen-bond donors (Lipinski definition) is 3. The van der Waals surface area contributed by atoms with Crippen molar-refractivity contribution in [2.45, 2.75) is 11.8 Å². The van der Waals surface area contributed by atoms with E-state index in [1.165, 1.54) is 11.8 Å². The number of nitrogens with one attached hydrogen (secondary N) is 3. The molecule has 26 heavy (non-hydrogen) atoms. The maximum atomic E-state index is 12.3. The molecule has 2 amide bonds. The normalized spacial score (nSPS) is 9.92. The summed E-state index contributed by atoms with van der Waals surface area (Å²) in [5.41, 5.74) is 2.51. The summed E-state index contributed by atoms with van der Waals surface area (Å²) in [5, 5.41) is 8.70. The van der Waals surface area contributed by atoms with Crippen molar-refractivity contribution >= 4 is 41.7 Å². The average Bonchev–Trinajstić information content (AvgIpc) is 2.62. The minimum atomic E-state index is -0.128. The zero-order chi connectivity index (χ0) is 18.1. The summed E-state index contributed by atoms with van der Waals surface area (Å²) >= 11 is 1.36. The lowest BCUT2D eigenvalue weighted by Crippen LogP contribution is -2.30. The summed E-state index contributed by atoms with van der Waals surface area (Å²) in [6.07, 6.45) is 0. The van der Waals surface area contributed by atoms with Gasteiger partial charge in [-0.2, -0.15) is 0 Å². The van der Waals surface area contributed by atoms with Gasteiger partial charge in [-0.1, -0.05) is 29.8 Å². The third kappa shape index (κ3) is 7.07. The second-order valence-electron chi connectivity index (χ2n) is 5.56. The number of halogens is 1. The molecular weight excluding hydrogens is 370 g/mol. The Kier molecular flexibility index (Phi) is 9.80. The van der Waals surface area contributed by atoms with Gasteiger partial charge in [0.1, 0.15) is 0 Å². The van der Waals surface area contributed by atoms with E-state index in [9.17, 15) is 9.59 Å². The van der Waals surface area contributed by atoms with Gasteiger partial charge >= 0.3 is 0 Å². The fourth-order valence-corrected chi connectivity index (χ4v) is 3.00. The van der Waals surface area contributed by atoms with Crippen LogP contribution in [0.5, 0.6) is 0 Å². The molecule has 0 unspecified atom stereocenters. The first-order chi connectivity index (χ1) is 12.1. The lowest BCUT2D eigenvalue weighted by Gasteiger charge is -2.10. The SMILES string of the molecule is CNCCNC(=O)c1ccccc1SCC(=O)Nc1ccc(C)cc1.Cl. The van der Waals surface area contributed by atoms with E-state index >= 15 is 0 Å². The molecule has 0 heterocycles. The van der Waals surface area contributed by atoms with Crippen LogP contribution in [0.3, 0.4) is 0 Å². The van der Waals surface area contributed by atoms with Crippen molar-refractivity contribution in [3.05, 3.63) is 59.7 Å². The van der Waals surface area contributed by atoms with E-state index in [0.29, 0.717) is 18.7 Å². The molecule has 0 spiro atoms. The number of hydrogen-bond acceptors (Lipinski definition) is 4. The molecule has 0 aromatic heterocycles. The predicted molar refractivity (Wildman–Crippen MR) is 110 cm³/mol. The highest BCUT2D eigenvalue weighted by Crippen LogP contribution is 2.23. The molecule has 0 radical (unpaired) electrons. The Morgan fingerprint density at radius 1 is 1.00 bits per heavy atom. The van der Waals surface area contributed by atoms with E-state index in [0.717, 1.165) is 16.1 Å². The summed E-state index contributed by atoms with van der Waals surface area (Å²) < 4.78 is 0. The standard InChI is InChI=1S/C19H23N3O2S.ClH/c1-14-7-9-15(10-8-14)22-18(23)13-25-17-6-4-3-5-16(17)19(24)21-12-11-20-2;/h3-10,20H,11-13H2,1-2H3,(H,21,24)(H,22,23);1H. The summed E-state index contributed by atoms with van der Waals surface area (Å²) in [5.74, 6) is 0.0193. The monoisotopic (exact) mass is 393 g/mol. The Morgan fingerprint density at radius 3 is 2.38 bits per heavy atom. The van der Waals surface area contributed by atoms with Crippen LogP contribution in [0.2, 0.25) is 0 Å². The highest BCUT2D eigenvalue weighted by atomic mass is 35.5. The first-order valence-corrected chi connectivity index (χ1v) is 9.10. The molecule has 2 aromatic carbocycles. The number of anilines is 1. The van der Waals surface area contributed by atoms with Crippen molar-refractivity contribution in [2.24, 2.45) is 0 Å². The molecule has 2 aromatic rings. The number of likely N-dealkylation sites (N-methyl/N-ethyl adjacent to an activating group) is 1. The molecule has 0 atom stereocenters. The van der Waals surface area contributed by atoms with E-state index in [-0.39, 0.29) is 30.0 Å². The maximum absolute atomic E-state index is 12.3. The first kappa shape index (κ1) is 22.0. The molecule has 3 N–H and O–H groups in total. The van der Waals surface area contributed by atoms with Gasteiger partial charge in [-0.05, 0) is 38.2 Å². The molecule has 140 valence electrons. The van der Waals surface area contributed by atoms with Crippen molar-refractivity contribution in [1.82, 2.24) is 10.6 Å². The van der Waals surface area contributed by atoms with Crippen LogP contribution in [0.25, 0.3) is 0 Å². The molecular formula is C19H24ClN3O2S. The van der Waals surface area contributed by atoms with Crippen molar-refractivity contribution in [2.75, 3.05) is 31.2 Å². The molecule has 2 rings (SSSR count). The zero-order valence-corrected chi connectivity index (χ0v) is 16.5. The van der Waals surface area contributed by atoms with Gasteiger partial charge in [0, 0.05) is 23.7 Å². The Bertz CT molecular complexity index is 723. The van der Waals surface area contributed by atoms with Gasteiger partial charge in [-0.3, -0.25) is 9.59 Å². The smallest absolute Gasteiger partial charge is 0.252 e. The summed E-state index contributed by atoms with van der Waals surface area (Å²) in [6, 6.07) is 15.0. The lowest BCUT2D eigenvalue weighted by molar-refractivity contribution is -0.113. The topological polar surface area (TPSA) is 70.2 Å². The highest BCUT2D eigenvalue weighted by molar-refractivity contribution is 8.00. The summed E-state index contributed by atoms with van der Waals surface area (Å²) in [7, 11) is 1.84. The fourth-order valence-electron chi connectivity index (χ4n) is 2.15. The Morgan fingerprint density at radius 2 is 1.69 bits per heavy atom. The van der Waals surface area contributed by atoms with Crippen molar-refractivity contribution < 1.29 is 9.59 Å². The van der Waals surface area contributed by atoms with Crippen LogP contribution >= 0.6 is 24.2 Å². The van der Waals surface area contributed by atoms with E-state index in [1.807, 2.05) is 56.4 Å². The van der Waals surface area contributed by atoms with Gasteiger partial charge < -0.3 is 16.0 Å². The van der Waals surface area contributed by atoms with Crippen molar-refractivity contribution in [3.8, 4) is 0 Å². The molecule has 7 heteroatoms. The third-order valence-electron chi connectivity index (χ3n) is 3.49. The molecule has 0 saturated carbocycles. The number of rotatable bonds is 8. The van der Waals surface area contributed by atoms with Gasteiger partial charge in [0.05, 0.1) is 11.3 Å². The third-order valence-corrected chi connectivity index (χ3v) is 4.56. The van der Waals surface area contributed by atoms with Crippen LogP contribution in [0.1, 0.15) is 15.9 Å². The van der Waals surface area contributed by atoms with Gasteiger partial charge in [0.15, 0.2) is 0 Å². The van der Waals surface area contributed by atoms with Gasteiger partial charge in [0.25, 0.3) is 5.91 Å². The van der Waals surface area contributed by atoms with Crippen molar-refractivity contribution in [3.63, 3.8) is 0 Å². The number of benzene rings is 2. The maximum Gasteiger partial charge on any atom is 0.252 e. The van der Waals surface area contributed by atoms with Gasteiger partial charge in [0.2, 0.25) is 5.91 Å². The second-order valence-corrected chi connectivity index (χ2v) is 6.58. The van der Waals surface area contributed by atoms with Crippen LogP contribution in [-0.2, 0) is 4.79 Å². The van der Waals surface area contributed by atoms with Crippen LogP contribution in [-0.4, -0.2) is 37.7 Å². The number of aryl methyl sites for hydroxylation is 1. The average molecular weight is 394 g/mol.